The van der Waals surface area contributed by atoms with Crippen molar-refractivity contribution < 1.29 is 15.0 Å². The summed E-state index contributed by atoms with van der Waals surface area (Å²) in [5.74, 6) is -1.16. The molecule has 0 amide bonds. The van der Waals surface area contributed by atoms with Gasteiger partial charge in [0.1, 0.15) is 0 Å². The van der Waals surface area contributed by atoms with Crippen LogP contribution in [0.2, 0.25) is 0 Å². The van der Waals surface area contributed by atoms with Gasteiger partial charge in [0.2, 0.25) is 0 Å². The fourth-order valence-electron chi connectivity index (χ4n) is 0.605. The van der Waals surface area contributed by atoms with Crippen LogP contribution in [0.1, 0.15) is 33.1 Å². The molecule has 74 valence electrons. The van der Waals surface area contributed by atoms with E-state index in [-0.39, 0.29) is 0 Å². The summed E-state index contributed by atoms with van der Waals surface area (Å²) in [6.07, 6.45) is 0.521. The quantitative estimate of drug-likeness (QED) is 0.536. The minimum Gasteiger partial charge on any atom is -0.479 e. The minimum atomic E-state index is -1.22. The zero-order valence-corrected chi connectivity index (χ0v) is 7.79. The Balaban J connectivity index is 0. The molecule has 1 unspecified atom stereocenters. The van der Waals surface area contributed by atoms with E-state index in [1.165, 1.54) is 0 Å². The van der Waals surface area contributed by atoms with Crippen LogP contribution in [0, 0.1) is 0 Å². The minimum absolute atomic E-state index is 0.298. The molecule has 0 radical (unpaired) electrons. The first-order chi connectivity index (χ1) is 5.68. The van der Waals surface area contributed by atoms with Gasteiger partial charge in [-0.25, -0.2) is 4.79 Å². The highest BCUT2D eigenvalue weighted by molar-refractivity contribution is 5.71. The fraction of sp³-hybridized carbons (Fsp3) is 0.875. The molecule has 12 heavy (non-hydrogen) atoms. The van der Waals surface area contributed by atoms with E-state index in [0.29, 0.717) is 19.4 Å². The second-order valence-corrected chi connectivity index (χ2v) is 2.14. The van der Waals surface area contributed by atoms with Gasteiger partial charge in [-0.05, 0) is 25.8 Å². The SMILES string of the molecule is CC.NCCCCC(O)C(=O)O. The Morgan fingerprint density at radius 2 is 1.92 bits per heavy atom. The smallest absolute Gasteiger partial charge is 0.332 e. The molecule has 0 aliphatic carbocycles. The summed E-state index contributed by atoms with van der Waals surface area (Å²) < 4.78 is 0. The number of nitrogens with two attached hydrogens (primary N) is 1. The Bertz CT molecular complexity index is 106. The molecule has 0 aliphatic heterocycles. The molecule has 1 atom stereocenters. The maximum Gasteiger partial charge on any atom is 0.332 e. The average Bonchev–Trinajstić information content (AvgIpc) is 2.08. The number of rotatable bonds is 5. The topological polar surface area (TPSA) is 83.5 Å². The Morgan fingerprint density at radius 3 is 2.25 bits per heavy atom. The third-order valence-electron chi connectivity index (χ3n) is 1.22. The van der Waals surface area contributed by atoms with Crippen molar-refractivity contribution in [3.8, 4) is 0 Å². The summed E-state index contributed by atoms with van der Waals surface area (Å²) in [6, 6.07) is 0. The van der Waals surface area contributed by atoms with Gasteiger partial charge in [0.15, 0.2) is 6.10 Å². The molecule has 0 aromatic carbocycles. The molecule has 0 rings (SSSR count). The first kappa shape index (κ1) is 13.9. The number of hydrogen-bond acceptors (Lipinski definition) is 3. The summed E-state index contributed by atoms with van der Waals surface area (Å²) in [4.78, 5) is 10.0. The summed E-state index contributed by atoms with van der Waals surface area (Å²) in [6.45, 7) is 4.55. The summed E-state index contributed by atoms with van der Waals surface area (Å²) in [5.41, 5.74) is 5.16. The van der Waals surface area contributed by atoms with Crippen LogP contribution < -0.4 is 5.73 Å². The second kappa shape index (κ2) is 10.4. The van der Waals surface area contributed by atoms with Crippen LogP contribution in [0.3, 0.4) is 0 Å². The highest BCUT2D eigenvalue weighted by Gasteiger charge is 2.10. The first-order valence-corrected chi connectivity index (χ1v) is 4.29. The van der Waals surface area contributed by atoms with Gasteiger partial charge in [0.05, 0.1) is 0 Å². The van der Waals surface area contributed by atoms with Gasteiger partial charge < -0.3 is 15.9 Å². The Morgan fingerprint density at radius 1 is 1.42 bits per heavy atom. The maximum atomic E-state index is 10.0. The van der Waals surface area contributed by atoms with E-state index in [0.717, 1.165) is 6.42 Å². The number of carboxylic acid groups (broad SMARTS) is 1. The van der Waals surface area contributed by atoms with Crippen molar-refractivity contribution in [2.75, 3.05) is 6.54 Å². The zero-order valence-electron chi connectivity index (χ0n) is 7.79. The number of aliphatic hydroxyl groups is 1. The summed E-state index contributed by atoms with van der Waals surface area (Å²) >= 11 is 0. The van der Waals surface area contributed by atoms with E-state index < -0.39 is 12.1 Å². The van der Waals surface area contributed by atoms with Gasteiger partial charge in [-0.1, -0.05) is 13.8 Å². The Labute approximate surface area is 73.4 Å². The fourth-order valence-corrected chi connectivity index (χ4v) is 0.605. The first-order valence-electron chi connectivity index (χ1n) is 4.29. The van der Waals surface area contributed by atoms with Crippen molar-refractivity contribution in [1.29, 1.82) is 0 Å². The standard InChI is InChI=1S/C6H13NO3.C2H6/c7-4-2-1-3-5(8)6(9)10;1-2/h5,8H,1-4,7H2,(H,9,10);1-2H3. The van der Waals surface area contributed by atoms with Crippen molar-refractivity contribution in [3.63, 3.8) is 0 Å². The molecule has 0 aromatic rings. The average molecular weight is 177 g/mol. The highest BCUT2D eigenvalue weighted by Crippen LogP contribution is 1.99. The number of aliphatic carboxylic acids is 1. The van der Waals surface area contributed by atoms with Gasteiger partial charge in [-0.15, -0.1) is 0 Å². The van der Waals surface area contributed by atoms with E-state index in [2.05, 4.69) is 0 Å². The molecule has 0 heterocycles. The molecule has 4 N–H and O–H groups in total. The van der Waals surface area contributed by atoms with E-state index in [1.54, 1.807) is 0 Å². The van der Waals surface area contributed by atoms with E-state index in [1.807, 2.05) is 13.8 Å². The number of unbranched alkanes of at least 4 members (excludes halogenated alkanes) is 1. The van der Waals surface area contributed by atoms with Crippen molar-refractivity contribution in [2.24, 2.45) is 5.73 Å². The lowest BCUT2D eigenvalue weighted by Gasteiger charge is -2.02. The largest absolute Gasteiger partial charge is 0.479 e. The number of carbonyl (C=O) groups is 1. The van der Waals surface area contributed by atoms with E-state index in [4.69, 9.17) is 15.9 Å². The van der Waals surface area contributed by atoms with Crippen LogP contribution in [-0.2, 0) is 4.79 Å². The Kier molecular flexibility index (Phi) is 12.1. The molecule has 4 nitrogen and oxygen atoms in total. The predicted octanol–water partition coefficient (Wildman–Crippen LogP) is 0.587. The molecule has 0 aromatic heterocycles. The van der Waals surface area contributed by atoms with Gasteiger partial charge in [0, 0.05) is 0 Å². The molecule has 0 fully saturated rings. The predicted molar refractivity (Wildman–Crippen MR) is 47.9 cm³/mol. The van der Waals surface area contributed by atoms with E-state index in [9.17, 15) is 4.79 Å². The molecule has 0 saturated carbocycles. The summed E-state index contributed by atoms with van der Waals surface area (Å²) in [5, 5.41) is 16.9. The lowest BCUT2D eigenvalue weighted by molar-refractivity contribution is -0.146. The number of hydrogen-bond donors (Lipinski definition) is 3. The van der Waals surface area contributed by atoms with Crippen molar-refractivity contribution in [3.05, 3.63) is 0 Å². The molecular weight excluding hydrogens is 158 g/mol. The number of carboxylic acids is 1. The molecule has 4 heteroatoms. The normalized spacial score (nSPS) is 11.3. The highest BCUT2D eigenvalue weighted by atomic mass is 16.4. The van der Waals surface area contributed by atoms with Crippen molar-refractivity contribution in [2.45, 2.75) is 39.2 Å². The molecule has 0 saturated heterocycles. The molecule has 0 aliphatic rings. The van der Waals surface area contributed by atoms with Crippen LogP contribution in [0.15, 0.2) is 0 Å². The van der Waals surface area contributed by atoms with Gasteiger partial charge in [0.25, 0.3) is 0 Å². The molecular formula is C8H19NO3. The second-order valence-electron chi connectivity index (χ2n) is 2.14. The Hall–Kier alpha value is -0.610. The van der Waals surface area contributed by atoms with Crippen LogP contribution in [0.5, 0.6) is 0 Å². The zero-order chi connectivity index (χ0) is 9.98. The summed E-state index contributed by atoms with van der Waals surface area (Å²) in [7, 11) is 0. The van der Waals surface area contributed by atoms with Crippen LogP contribution >= 0.6 is 0 Å². The molecule has 0 bridgehead atoms. The maximum absolute atomic E-state index is 10.0. The van der Waals surface area contributed by atoms with E-state index >= 15 is 0 Å². The van der Waals surface area contributed by atoms with Gasteiger partial charge in [-0.2, -0.15) is 0 Å². The third kappa shape index (κ3) is 9.39. The monoisotopic (exact) mass is 177 g/mol. The third-order valence-corrected chi connectivity index (χ3v) is 1.22. The van der Waals surface area contributed by atoms with Crippen LogP contribution in [0.4, 0.5) is 0 Å². The van der Waals surface area contributed by atoms with Gasteiger partial charge in [-0.3, -0.25) is 0 Å². The van der Waals surface area contributed by atoms with Crippen LogP contribution in [0.25, 0.3) is 0 Å². The lowest BCUT2D eigenvalue weighted by Crippen LogP contribution is -2.19. The number of aliphatic hydroxyl groups excluding tert-OH is 1. The van der Waals surface area contributed by atoms with Crippen LogP contribution in [-0.4, -0.2) is 28.8 Å². The molecule has 0 spiro atoms. The van der Waals surface area contributed by atoms with Crippen molar-refractivity contribution >= 4 is 5.97 Å². The van der Waals surface area contributed by atoms with Gasteiger partial charge >= 0.3 is 5.97 Å². The van der Waals surface area contributed by atoms with Crippen molar-refractivity contribution in [1.82, 2.24) is 0 Å². The lowest BCUT2D eigenvalue weighted by atomic mass is 10.1.